The first-order chi connectivity index (χ1) is 12.0. The van der Waals surface area contributed by atoms with Gasteiger partial charge in [-0.1, -0.05) is 11.6 Å². The molecule has 11 heteroatoms. The molecule has 2 rings (SSSR count). The summed E-state index contributed by atoms with van der Waals surface area (Å²) in [4.78, 5) is 20.2. The van der Waals surface area contributed by atoms with Gasteiger partial charge in [0.05, 0.1) is 15.5 Å². The molecule has 0 saturated carbocycles. The fourth-order valence-corrected chi connectivity index (χ4v) is 1.87. The smallest absolute Gasteiger partial charge is 0.416 e. The number of phenols is 1. The molecule has 7 nitrogen and oxygen atoms in total. The van der Waals surface area contributed by atoms with E-state index in [0.29, 0.717) is 18.3 Å². The minimum absolute atomic E-state index is 0.0556. The number of nitrogens with one attached hydrogen (secondary N) is 1. The Morgan fingerprint density at radius 2 is 1.81 bits per heavy atom. The highest BCUT2D eigenvalue weighted by atomic mass is 35.5. The Labute approximate surface area is 149 Å². The van der Waals surface area contributed by atoms with Crippen molar-refractivity contribution in [3.05, 3.63) is 68.2 Å². The summed E-state index contributed by atoms with van der Waals surface area (Å²) in [6.07, 6.45) is -3.93. The van der Waals surface area contributed by atoms with Crippen molar-refractivity contribution in [2.24, 2.45) is 5.73 Å². The van der Waals surface area contributed by atoms with Gasteiger partial charge in [0.25, 0.3) is 5.69 Å². The third kappa shape index (κ3) is 5.45. The zero-order chi connectivity index (χ0) is 20.1. The lowest BCUT2D eigenvalue weighted by molar-refractivity contribution is -0.384. The second-order valence-electron chi connectivity index (χ2n) is 4.71. The van der Waals surface area contributed by atoms with E-state index in [1.54, 1.807) is 0 Å². The van der Waals surface area contributed by atoms with E-state index in [2.05, 4.69) is 0 Å². The number of alkyl halides is 3. The summed E-state index contributed by atoms with van der Waals surface area (Å²) >= 11 is 5.35. The zero-order valence-electron chi connectivity index (χ0n) is 12.7. The number of carbonyl (C=O) groups is 1. The number of nitro groups is 1. The van der Waals surface area contributed by atoms with Gasteiger partial charge in [0, 0.05) is 29.5 Å². The number of rotatable bonds is 3. The number of halogens is 4. The second kappa shape index (κ2) is 8.30. The summed E-state index contributed by atoms with van der Waals surface area (Å²) in [5, 5.41) is 25.7. The number of amides is 1. The Morgan fingerprint density at radius 3 is 2.19 bits per heavy atom. The first-order valence-corrected chi connectivity index (χ1v) is 6.99. The summed E-state index contributed by atoms with van der Waals surface area (Å²) in [6, 6.07) is 6.39. The van der Waals surface area contributed by atoms with Crippen LogP contribution in [0.15, 0.2) is 36.4 Å². The number of carbonyl (C=O) groups excluding carboxylic acids is 1. The van der Waals surface area contributed by atoms with Crippen molar-refractivity contribution in [3.63, 3.8) is 0 Å². The van der Waals surface area contributed by atoms with Crippen LogP contribution in [0, 0.1) is 15.5 Å². The average Bonchev–Trinajstić information content (AvgIpc) is 2.56. The highest BCUT2D eigenvalue weighted by Crippen LogP contribution is 2.36. The molecule has 0 atom stereocenters. The van der Waals surface area contributed by atoms with Crippen molar-refractivity contribution in [1.29, 1.82) is 5.41 Å². The first-order valence-electron chi connectivity index (χ1n) is 6.61. The molecule has 0 bridgehead atoms. The lowest BCUT2D eigenvalue weighted by Crippen LogP contribution is -2.10. The fraction of sp³-hybridized carbons (Fsp3) is 0.0667. The summed E-state index contributed by atoms with van der Waals surface area (Å²) in [7, 11) is 0. The number of non-ortho nitro benzene ring substituents is 1. The maximum atomic E-state index is 12.2. The number of nitrogens with zero attached hydrogens (tertiary/aromatic N) is 1. The minimum atomic E-state index is -4.53. The molecule has 26 heavy (non-hydrogen) atoms. The maximum absolute atomic E-state index is 12.2. The minimum Gasteiger partial charge on any atom is -0.506 e. The van der Waals surface area contributed by atoms with E-state index < -0.39 is 33.3 Å². The van der Waals surface area contributed by atoms with Crippen molar-refractivity contribution in [3.8, 4) is 5.75 Å². The van der Waals surface area contributed by atoms with Crippen LogP contribution >= 0.6 is 11.6 Å². The molecule has 0 aromatic heterocycles. The number of benzene rings is 2. The van der Waals surface area contributed by atoms with E-state index in [1.807, 2.05) is 0 Å². The number of nitro benzene ring substituents is 1. The highest BCUT2D eigenvalue weighted by Gasteiger charge is 2.31. The monoisotopic (exact) mass is 389 g/mol. The van der Waals surface area contributed by atoms with Crippen LogP contribution in [0.1, 0.15) is 21.5 Å². The lowest BCUT2D eigenvalue weighted by atomic mass is 10.1. The predicted molar refractivity (Wildman–Crippen MR) is 87.6 cm³/mol. The molecule has 0 unspecified atom stereocenters. The quantitative estimate of drug-likeness (QED) is 0.419. The van der Waals surface area contributed by atoms with E-state index in [-0.39, 0.29) is 16.8 Å². The van der Waals surface area contributed by atoms with Crippen molar-refractivity contribution >= 4 is 29.4 Å². The first kappa shape index (κ1) is 20.9. The predicted octanol–water partition coefficient (Wildman–Crippen LogP) is 3.76. The number of primary amides is 1. The van der Waals surface area contributed by atoms with Crippen molar-refractivity contribution in [2.45, 2.75) is 6.18 Å². The van der Waals surface area contributed by atoms with Crippen LogP contribution in [-0.4, -0.2) is 22.2 Å². The van der Waals surface area contributed by atoms with Gasteiger partial charge in [-0.05, 0) is 24.3 Å². The SMILES string of the molecule is N=Cc1cc(C(F)(F)F)cc(Cl)c1O.NC(=O)c1ccc([N+](=O)[O-])cc1. The van der Waals surface area contributed by atoms with Crippen LogP contribution in [-0.2, 0) is 6.18 Å². The van der Waals surface area contributed by atoms with Crippen LogP contribution in [0.2, 0.25) is 5.02 Å². The number of hydrogen-bond donors (Lipinski definition) is 3. The molecule has 0 heterocycles. The van der Waals surface area contributed by atoms with E-state index in [9.17, 15) is 28.1 Å². The van der Waals surface area contributed by atoms with E-state index in [4.69, 9.17) is 27.9 Å². The third-order valence-electron chi connectivity index (χ3n) is 2.94. The summed E-state index contributed by atoms with van der Waals surface area (Å²) < 4.78 is 36.6. The average molecular weight is 390 g/mol. The van der Waals surface area contributed by atoms with Gasteiger partial charge in [0.15, 0.2) is 0 Å². The molecule has 0 spiro atoms. The van der Waals surface area contributed by atoms with E-state index in [0.717, 1.165) is 0 Å². The Morgan fingerprint density at radius 1 is 1.27 bits per heavy atom. The van der Waals surface area contributed by atoms with Gasteiger partial charge in [-0.15, -0.1) is 0 Å². The van der Waals surface area contributed by atoms with Crippen molar-refractivity contribution in [1.82, 2.24) is 0 Å². The standard InChI is InChI=1S/C8H5ClF3NO.C7H6N2O3/c9-6-2-5(8(10,11)12)1-4(3-13)7(6)14;8-7(10)5-1-3-6(4-2-5)9(11)12/h1-3,13-14H;1-4H,(H2,8,10). The Kier molecular flexibility index (Phi) is 6.67. The van der Waals surface area contributed by atoms with Gasteiger partial charge in [0.2, 0.25) is 5.91 Å². The number of aromatic hydroxyl groups is 1. The van der Waals surface area contributed by atoms with Gasteiger partial charge in [-0.2, -0.15) is 13.2 Å². The van der Waals surface area contributed by atoms with E-state index in [1.165, 1.54) is 24.3 Å². The third-order valence-corrected chi connectivity index (χ3v) is 3.23. The van der Waals surface area contributed by atoms with Gasteiger partial charge in [-0.3, -0.25) is 14.9 Å². The van der Waals surface area contributed by atoms with E-state index >= 15 is 0 Å². The maximum Gasteiger partial charge on any atom is 0.416 e. The molecule has 0 fully saturated rings. The molecule has 0 aliphatic heterocycles. The molecular weight excluding hydrogens is 379 g/mol. The molecule has 2 aromatic rings. The van der Waals surface area contributed by atoms with Gasteiger partial charge in [0.1, 0.15) is 5.75 Å². The summed E-state index contributed by atoms with van der Waals surface area (Å²) in [6.45, 7) is 0. The van der Waals surface area contributed by atoms with Crippen LogP contribution < -0.4 is 5.73 Å². The van der Waals surface area contributed by atoms with Crippen molar-refractivity contribution in [2.75, 3.05) is 0 Å². The van der Waals surface area contributed by atoms with Crippen LogP contribution in [0.3, 0.4) is 0 Å². The molecular formula is C15H11ClF3N3O4. The number of nitrogens with two attached hydrogens (primary N) is 1. The fourth-order valence-electron chi connectivity index (χ4n) is 1.64. The zero-order valence-corrected chi connectivity index (χ0v) is 13.5. The van der Waals surface area contributed by atoms with Crippen LogP contribution in [0.4, 0.5) is 18.9 Å². The highest BCUT2D eigenvalue weighted by molar-refractivity contribution is 6.32. The Bertz CT molecular complexity index is 806. The molecule has 0 saturated heterocycles. The van der Waals surface area contributed by atoms with Gasteiger partial charge in [-0.25, -0.2) is 0 Å². The largest absolute Gasteiger partial charge is 0.506 e. The molecule has 1 amide bonds. The molecule has 0 radical (unpaired) electrons. The summed E-state index contributed by atoms with van der Waals surface area (Å²) in [5.74, 6) is -1.11. The number of hydrogen-bond acceptors (Lipinski definition) is 5. The normalized spacial score (nSPS) is 10.5. The Balaban J connectivity index is 0.000000263. The molecule has 138 valence electrons. The summed E-state index contributed by atoms with van der Waals surface area (Å²) in [5.41, 5.74) is 3.89. The topological polar surface area (TPSA) is 130 Å². The lowest BCUT2D eigenvalue weighted by Gasteiger charge is -2.09. The van der Waals surface area contributed by atoms with Gasteiger partial charge < -0.3 is 16.2 Å². The second-order valence-corrected chi connectivity index (χ2v) is 5.11. The Hall–Kier alpha value is -3.14. The molecule has 4 N–H and O–H groups in total. The molecule has 2 aromatic carbocycles. The van der Waals surface area contributed by atoms with Crippen LogP contribution in [0.5, 0.6) is 5.75 Å². The molecule has 0 aliphatic carbocycles. The molecule has 0 aliphatic rings. The van der Waals surface area contributed by atoms with Crippen molar-refractivity contribution < 1.29 is 28.0 Å². The number of phenolic OH excluding ortho intramolecular Hbond substituents is 1. The van der Waals surface area contributed by atoms with Gasteiger partial charge >= 0.3 is 6.18 Å². The van der Waals surface area contributed by atoms with Crippen LogP contribution in [0.25, 0.3) is 0 Å².